The number of nitrogens with zero attached hydrogens (tertiary/aromatic N) is 1. The maximum absolute atomic E-state index is 12.5. The highest BCUT2D eigenvalue weighted by Gasteiger charge is 2.34. The average molecular weight is 367 g/mol. The molecule has 1 saturated heterocycles. The van der Waals surface area contributed by atoms with Gasteiger partial charge in [0.05, 0.1) is 5.92 Å². The normalized spacial score (nSPS) is 16.6. The number of rotatable bonds is 5. The van der Waals surface area contributed by atoms with Gasteiger partial charge in [-0.2, -0.15) is 0 Å². The molecule has 0 spiro atoms. The Morgan fingerprint density at radius 2 is 1.89 bits per heavy atom. The number of amides is 2. The van der Waals surface area contributed by atoms with Crippen molar-refractivity contribution in [3.63, 3.8) is 0 Å². The molecule has 0 aliphatic carbocycles. The van der Waals surface area contributed by atoms with Gasteiger partial charge in [-0.25, -0.2) is 0 Å². The van der Waals surface area contributed by atoms with Crippen LogP contribution in [0.25, 0.3) is 0 Å². The fourth-order valence-corrected chi connectivity index (χ4v) is 3.44. The zero-order valence-electron chi connectivity index (χ0n) is 16.0. The van der Waals surface area contributed by atoms with Crippen molar-refractivity contribution >= 4 is 11.8 Å². The third kappa shape index (κ3) is 4.45. The second-order valence-corrected chi connectivity index (χ2v) is 7.32. The van der Waals surface area contributed by atoms with Gasteiger partial charge in [0.15, 0.2) is 0 Å². The second-order valence-electron chi connectivity index (χ2n) is 7.32. The van der Waals surface area contributed by atoms with Crippen molar-refractivity contribution in [2.75, 3.05) is 6.54 Å². The molecule has 0 unspecified atom stereocenters. The van der Waals surface area contributed by atoms with E-state index in [1.54, 1.807) is 4.90 Å². The Bertz CT molecular complexity index is 915. The van der Waals surface area contributed by atoms with E-state index in [0.29, 0.717) is 18.7 Å². The molecule has 0 radical (unpaired) electrons. The molecule has 1 aliphatic rings. The number of hydrogen-bond acceptors (Lipinski definition) is 3. The molecule has 6 heteroatoms. The molecule has 1 aliphatic heterocycles. The largest absolute Gasteiger partial charge is 0.351 e. The van der Waals surface area contributed by atoms with E-state index in [9.17, 15) is 14.4 Å². The molecule has 3 rings (SSSR count). The smallest absolute Gasteiger partial charge is 0.253 e. The average Bonchev–Trinajstić information content (AvgIpc) is 2.96. The van der Waals surface area contributed by atoms with Crippen LogP contribution in [0.2, 0.25) is 0 Å². The third-order valence-electron chi connectivity index (χ3n) is 5.01. The molecule has 27 heavy (non-hydrogen) atoms. The van der Waals surface area contributed by atoms with Crippen LogP contribution in [0.3, 0.4) is 0 Å². The molecule has 0 saturated carbocycles. The molecule has 6 nitrogen and oxygen atoms in total. The molecule has 2 N–H and O–H groups in total. The topological polar surface area (TPSA) is 82.3 Å². The number of nitrogens with one attached hydrogen (secondary N) is 2. The Morgan fingerprint density at radius 1 is 1.19 bits per heavy atom. The van der Waals surface area contributed by atoms with Gasteiger partial charge in [0.25, 0.3) is 5.56 Å². The number of pyridine rings is 1. The lowest BCUT2D eigenvalue weighted by atomic mass is 10.1. The van der Waals surface area contributed by atoms with E-state index >= 15 is 0 Å². The predicted octanol–water partition coefficient (Wildman–Crippen LogP) is 1.97. The summed E-state index contributed by atoms with van der Waals surface area (Å²) in [6.07, 6.45) is 0.209. The molecule has 1 atom stereocenters. The first-order valence-corrected chi connectivity index (χ1v) is 9.14. The Kier molecular flexibility index (Phi) is 5.44. The van der Waals surface area contributed by atoms with E-state index in [2.05, 4.69) is 10.3 Å². The SMILES string of the molecule is Cc1ccc(CN2C[C@H](C(=O)NCc3c(C)cc(C)[nH]c3=O)CC2=O)cc1. The number of benzene rings is 1. The van der Waals surface area contributed by atoms with Crippen LogP contribution >= 0.6 is 0 Å². The molecule has 1 aromatic heterocycles. The number of hydrogen-bond donors (Lipinski definition) is 2. The Hall–Kier alpha value is -2.89. The van der Waals surface area contributed by atoms with Gasteiger partial charge >= 0.3 is 0 Å². The van der Waals surface area contributed by atoms with Crippen LogP contribution in [-0.2, 0) is 22.7 Å². The molecule has 0 bridgehead atoms. The number of aryl methyl sites for hydroxylation is 3. The number of H-pyrrole nitrogens is 1. The summed E-state index contributed by atoms with van der Waals surface area (Å²) in [5.74, 6) is -0.581. The maximum atomic E-state index is 12.5. The second kappa shape index (κ2) is 7.78. The zero-order valence-corrected chi connectivity index (χ0v) is 16.0. The van der Waals surface area contributed by atoms with Crippen molar-refractivity contribution in [1.29, 1.82) is 0 Å². The van der Waals surface area contributed by atoms with Gasteiger partial charge in [-0.05, 0) is 38.0 Å². The minimum absolute atomic E-state index is 0.0138. The van der Waals surface area contributed by atoms with Crippen molar-refractivity contribution in [1.82, 2.24) is 15.2 Å². The summed E-state index contributed by atoms with van der Waals surface area (Å²) < 4.78 is 0. The first kappa shape index (κ1) is 18.9. The molecular weight excluding hydrogens is 342 g/mol. The van der Waals surface area contributed by atoms with E-state index < -0.39 is 0 Å². The Morgan fingerprint density at radius 3 is 2.56 bits per heavy atom. The van der Waals surface area contributed by atoms with E-state index in [0.717, 1.165) is 16.8 Å². The van der Waals surface area contributed by atoms with Crippen LogP contribution in [0.5, 0.6) is 0 Å². The summed E-state index contributed by atoms with van der Waals surface area (Å²) in [6, 6.07) is 9.92. The standard InChI is InChI=1S/C21H25N3O3/c1-13-4-6-16(7-5-13)11-24-12-17(9-19(24)25)20(26)22-10-18-14(2)8-15(3)23-21(18)27/h4-8,17H,9-12H2,1-3H3,(H,22,26)(H,23,27)/t17-/m1/s1. The molecule has 2 heterocycles. The number of aromatic amines is 1. The molecule has 2 aromatic rings. The highest BCUT2D eigenvalue weighted by molar-refractivity contribution is 5.89. The van der Waals surface area contributed by atoms with Gasteiger partial charge in [0.2, 0.25) is 11.8 Å². The quantitative estimate of drug-likeness (QED) is 0.848. The van der Waals surface area contributed by atoms with Gasteiger partial charge in [-0.15, -0.1) is 0 Å². The number of likely N-dealkylation sites (tertiary alicyclic amines) is 1. The van der Waals surface area contributed by atoms with Crippen molar-refractivity contribution in [3.8, 4) is 0 Å². The number of carbonyl (C=O) groups excluding carboxylic acids is 2. The molecule has 2 amide bonds. The van der Waals surface area contributed by atoms with Crippen molar-refractivity contribution in [2.24, 2.45) is 5.92 Å². The fourth-order valence-electron chi connectivity index (χ4n) is 3.44. The Balaban J connectivity index is 1.59. The van der Waals surface area contributed by atoms with Crippen molar-refractivity contribution in [2.45, 2.75) is 40.3 Å². The summed E-state index contributed by atoms with van der Waals surface area (Å²) in [5, 5.41) is 2.82. The fraction of sp³-hybridized carbons (Fsp3) is 0.381. The molecule has 142 valence electrons. The van der Waals surface area contributed by atoms with Crippen LogP contribution in [0.15, 0.2) is 35.1 Å². The van der Waals surface area contributed by atoms with Crippen LogP contribution < -0.4 is 10.9 Å². The molecule has 1 aromatic carbocycles. The summed E-state index contributed by atoms with van der Waals surface area (Å²) in [7, 11) is 0. The monoisotopic (exact) mass is 367 g/mol. The highest BCUT2D eigenvalue weighted by Crippen LogP contribution is 2.21. The van der Waals surface area contributed by atoms with Gasteiger partial charge in [-0.1, -0.05) is 29.8 Å². The van der Waals surface area contributed by atoms with Crippen LogP contribution in [0.4, 0.5) is 0 Å². The zero-order chi connectivity index (χ0) is 19.6. The molecule has 1 fully saturated rings. The first-order chi connectivity index (χ1) is 12.8. The summed E-state index contributed by atoms with van der Waals surface area (Å²) >= 11 is 0. The molecular formula is C21H25N3O3. The predicted molar refractivity (Wildman–Crippen MR) is 103 cm³/mol. The van der Waals surface area contributed by atoms with Gasteiger partial charge in [0.1, 0.15) is 0 Å². The van der Waals surface area contributed by atoms with E-state index in [1.165, 1.54) is 5.56 Å². The number of aromatic nitrogens is 1. The van der Waals surface area contributed by atoms with Crippen LogP contribution in [-0.4, -0.2) is 28.2 Å². The lowest BCUT2D eigenvalue weighted by Crippen LogP contribution is -2.34. The van der Waals surface area contributed by atoms with E-state index in [1.807, 2.05) is 51.1 Å². The van der Waals surface area contributed by atoms with E-state index in [4.69, 9.17) is 0 Å². The van der Waals surface area contributed by atoms with Gasteiger partial charge in [0, 0.05) is 37.3 Å². The summed E-state index contributed by atoms with van der Waals surface area (Å²) in [4.78, 5) is 41.3. The lowest BCUT2D eigenvalue weighted by Gasteiger charge is -2.17. The van der Waals surface area contributed by atoms with Gasteiger partial charge < -0.3 is 15.2 Å². The highest BCUT2D eigenvalue weighted by atomic mass is 16.2. The maximum Gasteiger partial charge on any atom is 0.253 e. The minimum atomic E-state index is -0.382. The minimum Gasteiger partial charge on any atom is -0.351 e. The first-order valence-electron chi connectivity index (χ1n) is 9.14. The number of carbonyl (C=O) groups is 2. The Labute approximate surface area is 158 Å². The summed E-state index contributed by atoms with van der Waals surface area (Å²) in [5.41, 5.74) is 4.23. The van der Waals surface area contributed by atoms with Crippen molar-refractivity contribution in [3.05, 3.63) is 68.6 Å². The van der Waals surface area contributed by atoms with Gasteiger partial charge in [-0.3, -0.25) is 14.4 Å². The lowest BCUT2D eigenvalue weighted by molar-refractivity contribution is -0.129. The van der Waals surface area contributed by atoms with Crippen molar-refractivity contribution < 1.29 is 9.59 Å². The van der Waals surface area contributed by atoms with Crippen LogP contribution in [0.1, 0.15) is 34.4 Å². The summed E-state index contributed by atoms with van der Waals surface area (Å²) in [6.45, 7) is 6.78. The third-order valence-corrected chi connectivity index (χ3v) is 5.01. The van der Waals surface area contributed by atoms with E-state index in [-0.39, 0.29) is 36.3 Å². The van der Waals surface area contributed by atoms with Crippen LogP contribution in [0, 0.1) is 26.7 Å².